The molecule has 133 valence electrons. The Hall–Kier alpha value is -2.34. The molecule has 0 atom stereocenters. The first-order chi connectivity index (χ1) is 12.2. The summed E-state index contributed by atoms with van der Waals surface area (Å²) in [7, 11) is 0. The Bertz CT molecular complexity index is 855. The average molecular weight is 342 g/mol. The highest BCUT2D eigenvalue weighted by atomic mass is 14.3. The van der Waals surface area contributed by atoms with Crippen LogP contribution in [-0.4, -0.2) is 0 Å². The van der Waals surface area contributed by atoms with E-state index < -0.39 is 0 Å². The summed E-state index contributed by atoms with van der Waals surface area (Å²) in [5, 5.41) is 0. The van der Waals surface area contributed by atoms with Crippen LogP contribution in [0.2, 0.25) is 0 Å². The normalized spacial score (nSPS) is 12.2. The Morgan fingerprint density at radius 2 is 1.19 bits per heavy atom. The molecule has 3 rings (SSSR count). The zero-order valence-corrected chi connectivity index (χ0v) is 16.9. The SMILES string of the molecule is CC(C)(C)c1cccc(C(C)(C)C)c1-c1[c]cccc1-c1ccccc1. The minimum atomic E-state index is 0.0637. The van der Waals surface area contributed by atoms with E-state index in [-0.39, 0.29) is 10.8 Å². The van der Waals surface area contributed by atoms with Gasteiger partial charge < -0.3 is 0 Å². The Labute approximate surface area is 158 Å². The van der Waals surface area contributed by atoms with Crippen LogP contribution < -0.4 is 0 Å². The van der Waals surface area contributed by atoms with Crippen LogP contribution in [-0.2, 0) is 10.8 Å². The summed E-state index contributed by atoms with van der Waals surface area (Å²) in [5.41, 5.74) is 7.91. The zero-order chi connectivity index (χ0) is 18.9. The number of hydrogen-bond donors (Lipinski definition) is 0. The third kappa shape index (κ3) is 3.60. The van der Waals surface area contributed by atoms with Crippen molar-refractivity contribution in [1.82, 2.24) is 0 Å². The molecule has 0 nitrogen and oxygen atoms in total. The summed E-state index contributed by atoms with van der Waals surface area (Å²) in [6.45, 7) is 13.8. The Kier molecular flexibility index (Phi) is 4.80. The molecule has 1 radical (unpaired) electrons. The lowest BCUT2D eigenvalue weighted by molar-refractivity contribution is 0.572. The molecule has 0 saturated carbocycles. The lowest BCUT2D eigenvalue weighted by Gasteiger charge is -2.31. The number of benzene rings is 3. The second-order valence-corrected chi connectivity index (χ2v) is 9.05. The van der Waals surface area contributed by atoms with Crippen molar-refractivity contribution in [3.8, 4) is 22.3 Å². The van der Waals surface area contributed by atoms with Gasteiger partial charge >= 0.3 is 0 Å². The summed E-state index contributed by atoms with van der Waals surface area (Å²) >= 11 is 0. The Balaban J connectivity index is 2.38. The quantitative estimate of drug-likeness (QED) is 0.455. The molecule has 0 fully saturated rings. The predicted molar refractivity (Wildman–Crippen MR) is 114 cm³/mol. The van der Waals surface area contributed by atoms with Gasteiger partial charge in [-0.25, -0.2) is 0 Å². The van der Waals surface area contributed by atoms with E-state index in [1.54, 1.807) is 0 Å². The minimum Gasteiger partial charge on any atom is -0.0622 e. The molecule has 0 aliphatic rings. The summed E-state index contributed by atoms with van der Waals surface area (Å²) in [4.78, 5) is 0. The van der Waals surface area contributed by atoms with E-state index in [0.717, 1.165) is 0 Å². The van der Waals surface area contributed by atoms with E-state index in [4.69, 9.17) is 0 Å². The van der Waals surface area contributed by atoms with Crippen molar-refractivity contribution in [2.75, 3.05) is 0 Å². The van der Waals surface area contributed by atoms with E-state index in [9.17, 15) is 0 Å². The third-order valence-corrected chi connectivity index (χ3v) is 4.87. The highest BCUT2D eigenvalue weighted by Gasteiger charge is 2.27. The maximum atomic E-state index is 3.58. The largest absolute Gasteiger partial charge is 0.0622 e. The van der Waals surface area contributed by atoms with Gasteiger partial charge in [0.1, 0.15) is 0 Å². The zero-order valence-electron chi connectivity index (χ0n) is 16.9. The summed E-state index contributed by atoms with van der Waals surface area (Å²) in [6.07, 6.45) is 0. The molecular weight excluding hydrogens is 312 g/mol. The molecule has 3 aromatic carbocycles. The van der Waals surface area contributed by atoms with Crippen LogP contribution in [0, 0.1) is 6.07 Å². The predicted octanol–water partition coefficient (Wildman–Crippen LogP) is 7.42. The molecule has 0 bridgehead atoms. The molecule has 0 aromatic heterocycles. The van der Waals surface area contributed by atoms with E-state index >= 15 is 0 Å². The maximum Gasteiger partial charge on any atom is -0.00206 e. The molecular formula is C26H29. The standard InChI is InChI=1S/C26H29/c1-25(2,3)22-17-12-18-23(26(4,5)6)24(22)21-16-11-10-15-20(21)19-13-8-7-9-14-19/h7-15,17-18H,1-6H3. The summed E-state index contributed by atoms with van der Waals surface area (Å²) < 4.78 is 0. The molecule has 3 aromatic rings. The van der Waals surface area contributed by atoms with Crippen molar-refractivity contribution in [2.24, 2.45) is 0 Å². The van der Waals surface area contributed by atoms with E-state index in [0.29, 0.717) is 0 Å². The van der Waals surface area contributed by atoms with E-state index in [1.165, 1.54) is 33.4 Å². The summed E-state index contributed by atoms with van der Waals surface area (Å²) in [6, 6.07) is 27.3. The molecule has 0 unspecified atom stereocenters. The van der Waals surface area contributed by atoms with Gasteiger partial charge in [-0.15, -0.1) is 0 Å². The molecule has 0 heteroatoms. The molecule has 0 spiro atoms. The second-order valence-electron chi connectivity index (χ2n) is 9.05. The van der Waals surface area contributed by atoms with Gasteiger partial charge in [-0.05, 0) is 50.3 Å². The first kappa shape index (κ1) is 18.5. The van der Waals surface area contributed by atoms with Crippen molar-refractivity contribution in [1.29, 1.82) is 0 Å². The van der Waals surface area contributed by atoms with Crippen molar-refractivity contribution in [2.45, 2.75) is 52.4 Å². The van der Waals surface area contributed by atoms with E-state index in [1.807, 2.05) is 6.07 Å². The lowest BCUT2D eigenvalue weighted by atomic mass is 9.73. The van der Waals surface area contributed by atoms with Gasteiger partial charge in [0, 0.05) is 0 Å². The molecule has 0 N–H and O–H groups in total. The fourth-order valence-corrected chi connectivity index (χ4v) is 3.57. The average Bonchev–Trinajstić information content (AvgIpc) is 2.60. The van der Waals surface area contributed by atoms with Crippen LogP contribution in [0.15, 0.2) is 66.7 Å². The molecule has 0 aliphatic heterocycles. The van der Waals surface area contributed by atoms with Crippen LogP contribution in [0.5, 0.6) is 0 Å². The van der Waals surface area contributed by atoms with Crippen molar-refractivity contribution >= 4 is 0 Å². The number of hydrogen-bond acceptors (Lipinski definition) is 0. The van der Waals surface area contributed by atoms with E-state index in [2.05, 4.69) is 108 Å². The topological polar surface area (TPSA) is 0 Å². The van der Waals surface area contributed by atoms with Gasteiger partial charge in [0.2, 0.25) is 0 Å². The monoisotopic (exact) mass is 341 g/mol. The fraction of sp³-hybridized carbons (Fsp3) is 0.308. The van der Waals surface area contributed by atoms with Gasteiger partial charge in [-0.2, -0.15) is 0 Å². The molecule has 26 heavy (non-hydrogen) atoms. The first-order valence-electron chi connectivity index (χ1n) is 9.40. The van der Waals surface area contributed by atoms with Crippen molar-refractivity contribution in [3.63, 3.8) is 0 Å². The minimum absolute atomic E-state index is 0.0637. The highest BCUT2D eigenvalue weighted by molar-refractivity contribution is 5.87. The van der Waals surface area contributed by atoms with Gasteiger partial charge in [-0.1, -0.05) is 108 Å². The second kappa shape index (κ2) is 6.76. The van der Waals surface area contributed by atoms with Gasteiger partial charge in [0.05, 0.1) is 0 Å². The Morgan fingerprint density at radius 3 is 1.73 bits per heavy atom. The smallest absolute Gasteiger partial charge is 0.00206 e. The van der Waals surface area contributed by atoms with Crippen LogP contribution >= 0.6 is 0 Å². The fourth-order valence-electron chi connectivity index (χ4n) is 3.57. The van der Waals surface area contributed by atoms with Crippen LogP contribution in [0.3, 0.4) is 0 Å². The number of rotatable bonds is 2. The van der Waals surface area contributed by atoms with Gasteiger partial charge in [0.15, 0.2) is 0 Å². The van der Waals surface area contributed by atoms with Gasteiger partial charge in [-0.3, -0.25) is 0 Å². The van der Waals surface area contributed by atoms with Crippen molar-refractivity contribution in [3.05, 3.63) is 83.9 Å². The third-order valence-electron chi connectivity index (χ3n) is 4.87. The highest BCUT2D eigenvalue weighted by Crippen LogP contribution is 2.43. The lowest BCUT2D eigenvalue weighted by Crippen LogP contribution is -2.19. The molecule has 0 heterocycles. The summed E-state index contributed by atoms with van der Waals surface area (Å²) in [5.74, 6) is 0. The van der Waals surface area contributed by atoms with Gasteiger partial charge in [0.25, 0.3) is 0 Å². The van der Waals surface area contributed by atoms with Crippen LogP contribution in [0.1, 0.15) is 52.7 Å². The van der Waals surface area contributed by atoms with Crippen LogP contribution in [0.4, 0.5) is 0 Å². The van der Waals surface area contributed by atoms with Crippen molar-refractivity contribution < 1.29 is 0 Å². The molecule has 0 saturated heterocycles. The molecule has 0 amide bonds. The Morgan fingerprint density at radius 1 is 0.615 bits per heavy atom. The van der Waals surface area contributed by atoms with Crippen LogP contribution in [0.25, 0.3) is 22.3 Å². The first-order valence-corrected chi connectivity index (χ1v) is 9.40. The maximum absolute atomic E-state index is 3.58. The molecule has 0 aliphatic carbocycles.